The van der Waals surface area contributed by atoms with E-state index < -0.39 is 8.07 Å². The molecule has 0 heterocycles. The van der Waals surface area contributed by atoms with Crippen molar-refractivity contribution < 1.29 is 0 Å². The van der Waals surface area contributed by atoms with Crippen molar-refractivity contribution in [3.8, 4) is 0 Å². The standard InChI is InChI=1S/C12H26Si/c1-6-8-9-10-12(7-2)11-13(3,4)5/h7,12H,2,6,8-11H2,1,3-5H3. The summed E-state index contributed by atoms with van der Waals surface area (Å²) >= 11 is 0. The second-order valence-corrected chi connectivity index (χ2v) is 10.8. The summed E-state index contributed by atoms with van der Waals surface area (Å²) in [5.74, 6) is 0.790. The second-order valence-electron chi connectivity index (χ2n) is 5.26. The summed E-state index contributed by atoms with van der Waals surface area (Å²) in [7, 11) is -0.873. The van der Waals surface area contributed by atoms with Crippen molar-refractivity contribution >= 4 is 8.07 Å². The number of hydrogen-bond acceptors (Lipinski definition) is 0. The minimum absolute atomic E-state index is 0.790. The van der Waals surface area contributed by atoms with Crippen molar-refractivity contribution in [2.75, 3.05) is 0 Å². The van der Waals surface area contributed by atoms with Crippen LogP contribution in [0.3, 0.4) is 0 Å². The molecule has 0 aromatic carbocycles. The van der Waals surface area contributed by atoms with Gasteiger partial charge in [-0.05, 0) is 12.3 Å². The molecule has 0 aromatic rings. The van der Waals surface area contributed by atoms with E-state index in [-0.39, 0.29) is 0 Å². The van der Waals surface area contributed by atoms with Gasteiger partial charge in [0.1, 0.15) is 0 Å². The topological polar surface area (TPSA) is 0 Å². The zero-order chi connectivity index (χ0) is 10.3. The fourth-order valence-corrected chi connectivity index (χ4v) is 3.69. The van der Waals surface area contributed by atoms with Gasteiger partial charge in [-0.15, -0.1) is 6.58 Å². The van der Waals surface area contributed by atoms with Gasteiger partial charge in [-0.2, -0.15) is 0 Å². The first-order valence-electron chi connectivity index (χ1n) is 5.62. The Kier molecular flexibility index (Phi) is 6.40. The minimum atomic E-state index is -0.873. The molecular weight excluding hydrogens is 172 g/mol. The average molecular weight is 198 g/mol. The second kappa shape index (κ2) is 6.42. The number of unbranched alkanes of at least 4 members (excludes halogenated alkanes) is 2. The van der Waals surface area contributed by atoms with Crippen LogP contribution < -0.4 is 0 Å². The highest BCUT2D eigenvalue weighted by atomic mass is 28.3. The molecule has 0 amide bonds. The van der Waals surface area contributed by atoms with Gasteiger partial charge >= 0.3 is 0 Å². The lowest BCUT2D eigenvalue weighted by Gasteiger charge is -2.21. The summed E-state index contributed by atoms with van der Waals surface area (Å²) < 4.78 is 0. The largest absolute Gasteiger partial charge is 0.103 e. The molecule has 1 heteroatoms. The van der Waals surface area contributed by atoms with Crippen LogP contribution in [-0.2, 0) is 0 Å². The van der Waals surface area contributed by atoms with Crippen molar-refractivity contribution in [3.05, 3.63) is 12.7 Å². The van der Waals surface area contributed by atoms with Crippen LogP contribution >= 0.6 is 0 Å². The fourth-order valence-electron chi connectivity index (χ4n) is 1.75. The van der Waals surface area contributed by atoms with E-state index in [0.717, 1.165) is 5.92 Å². The Bertz CT molecular complexity index is 133. The summed E-state index contributed by atoms with van der Waals surface area (Å²) in [4.78, 5) is 0. The third-order valence-electron chi connectivity index (χ3n) is 2.39. The van der Waals surface area contributed by atoms with Gasteiger partial charge in [0, 0.05) is 8.07 Å². The third-order valence-corrected chi connectivity index (χ3v) is 4.14. The molecule has 78 valence electrons. The van der Waals surface area contributed by atoms with Gasteiger partial charge in [-0.25, -0.2) is 0 Å². The van der Waals surface area contributed by atoms with E-state index in [4.69, 9.17) is 0 Å². The van der Waals surface area contributed by atoms with Crippen molar-refractivity contribution in [2.24, 2.45) is 5.92 Å². The maximum absolute atomic E-state index is 3.95. The van der Waals surface area contributed by atoms with Gasteiger partial charge in [0.15, 0.2) is 0 Å². The molecule has 0 spiro atoms. The molecule has 0 bridgehead atoms. The predicted molar refractivity (Wildman–Crippen MR) is 66.0 cm³/mol. The molecule has 0 aromatic heterocycles. The molecule has 1 unspecified atom stereocenters. The summed E-state index contributed by atoms with van der Waals surface area (Å²) in [6.45, 7) is 13.6. The zero-order valence-corrected chi connectivity index (χ0v) is 10.9. The Hall–Kier alpha value is -0.0431. The molecule has 0 radical (unpaired) electrons. The molecular formula is C12H26Si. The molecule has 0 saturated heterocycles. The van der Waals surface area contributed by atoms with Gasteiger partial charge in [0.25, 0.3) is 0 Å². The van der Waals surface area contributed by atoms with E-state index in [1.165, 1.54) is 31.7 Å². The Morgan fingerprint density at radius 1 is 1.23 bits per heavy atom. The van der Waals surface area contributed by atoms with Gasteiger partial charge < -0.3 is 0 Å². The summed E-state index contributed by atoms with van der Waals surface area (Å²) in [5.41, 5.74) is 0. The SMILES string of the molecule is C=CC(CCCCC)C[Si](C)(C)C. The van der Waals surface area contributed by atoms with Crippen LogP contribution in [0.4, 0.5) is 0 Å². The summed E-state index contributed by atoms with van der Waals surface area (Å²) in [5, 5.41) is 0. The lowest BCUT2D eigenvalue weighted by atomic mass is 10.0. The van der Waals surface area contributed by atoms with Crippen molar-refractivity contribution in [1.29, 1.82) is 0 Å². The van der Waals surface area contributed by atoms with E-state index in [0.29, 0.717) is 0 Å². The summed E-state index contributed by atoms with van der Waals surface area (Å²) in [6, 6.07) is 1.42. The van der Waals surface area contributed by atoms with Crippen LogP contribution in [0.5, 0.6) is 0 Å². The van der Waals surface area contributed by atoms with Crippen LogP contribution in [-0.4, -0.2) is 8.07 Å². The Balaban J connectivity index is 3.70. The summed E-state index contributed by atoms with van der Waals surface area (Å²) in [6.07, 6.45) is 7.64. The molecule has 0 aliphatic carbocycles. The van der Waals surface area contributed by atoms with Crippen LogP contribution in [0.15, 0.2) is 12.7 Å². The number of allylic oxidation sites excluding steroid dienone is 1. The van der Waals surface area contributed by atoms with Gasteiger partial charge in [0.05, 0.1) is 0 Å². The lowest BCUT2D eigenvalue weighted by molar-refractivity contribution is 0.571. The normalized spacial score (nSPS) is 14.2. The Morgan fingerprint density at radius 3 is 2.23 bits per heavy atom. The maximum atomic E-state index is 3.95. The van der Waals surface area contributed by atoms with Crippen molar-refractivity contribution in [3.63, 3.8) is 0 Å². The molecule has 0 aliphatic heterocycles. The predicted octanol–water partition coefficient (Wildman–Crippen LogP) is 4.71. The van der Waals surface area contributed by atoms with Crippen LogP contribution in [0.1, 0.15) is 32.6 Å². The van der Waals surface area contributed by atoms with Crippen LogP contribution in [0, 0.1) is 5.92 Å². The molecule has 0 rings (SSSR count). The van der Waals surface area contributed by atoms with Crippen molar-refractivity contribution in [2.45, 2.75) is 58.3 Å². The minimum Gasteiger partial charge on any atom is -0.103 e. The molecule has 1 atom stereocenters. The van der Waals surface area contributed by atoms with E-state index in [2.05, 4.69) is 39.2 Å². The lowest BCUT2D eigenvalue weighted by Crippen LogP contribution is -2.23. The number of hydrogen-bond donors (Lipinski definition) is 0. The average Bonchev–Trinajstić information content (AvgIpc) is 2.01. The van der Waals surface area contributed by atoms with Crippen LogP contribution in [0.25, 0.3) is 0 Å². The monoisotopic (exact) mass is 198 g/mol. The molecule has 0 saturated carbocycles. The molecule has 0 nitrogen and oxygen atoms in total. The van der Waals surface area contributed by atoms with Crippen LogP contribution in [0.2, 0.25) is 25.7 Å². The molecule has 0 aliphatic rings. The van der Waals surface area contributed by atoms with Crippen molar-refractivity contribution in [1.82, 2.24) is 0 Å². The van der Waals surface area contributed by atoms with Gasteiger partial charge in [0.2, 0.25) is 0 Å². The van der Waals surface area contributed by atoms with E-state index in [1.807, 2.05) is 0 Å². The third kappa shape index (κ3) is 8.29. The molecule has 0 fully saturated rings. The quantitative estimate of drug-likeness (QED) is 0.316. The fraction of sp³-hybridized carbons (Fsp3) is 0.833. The molecule has 0 N–H and O–H groups in total. The highest BCUT2D eigenvalue weighted by molar-refractivity contribution is 6.76. The smallest absolute Gasteiger partial charge is 0.0448 e. The van der Waals surface area contributed by atoms with E-state index >= 15 is 0 Å². The first kappa shape index (κ1) is 13.0. The highest BCUT2D eigenvalue weighted by Gasteiger charge is 2.17. The maximum Gasteiger partial charge on any atom is 0.0448 e. The highest BCUT2D eigenvalue weighted by Crippen LogP contribution is 2.22. The Labute approximate surface area is 85.4 Å². The van der Waals surface area contributed by atoms with Gasteiger partial charge in [-0.3, -0.25) is 0 Å². The number of rotatable bonds is 7. The Morgan fingerprint density at radius 2 is 1.85 bits per heavy atom. The first-order chi connectivity index (χ1) is 5.99. The van der Waals surface area contributed by atoms with E-state index in [9.17, 15) is 0 Å². The van der Waals surface area contributed by atoms with Gasteiger partial charge in [-0.1, -0.05) is 57.9 Å². The first-order valence-corrected chi connectivity index (χ1v) is 9.33. The van der Waals surface area contributed by atoms with E-state index in [1.54, 1.807) is 0 Å². The molecule has 13 heavy (non-hydrogen) atoms. The zero-order valence-electron chi connectivity index (χ0n) is 9.90.